The van der Waals surface area contributed by atoms with Crippen LogP contribution in [0.5, 0.6) is 5.75 Å². The summed E-state index contributed by atoms with van der Waals surface area (Å²) in [4.78, 5) is 32.9. The van der Waals surface area contributed by atoms with Gasteiger partial charge in [-0.2, -0.15) is 0 Å². The van der Waals surface area contributed by atoms with E-state index in [2.05, 4.69) is 20.5 Å². The first-order chi connectivity index (χ1) is 16.1. The van der Waals surface area contributed by atoms with E-state index in [-0.39, 0.29) is 17.7 Å². The molecule has 2 aromatic heterocycles. The molecule has 9 heteroatoms. The highest BCUT2D eigenvalue weighted by Gasteiger charge is 2.21. The number of nitrogens with one attached hydrogen (secondary N) is 2. The molecule has 0 spiro atoms. The number of furan rings is 1. The van der Waals surface area contributed by atoms with E-state index in [4.69, 9.17) is 9.15 Å². The number of aromatic nitrogens is 1. The zero-order valence-electron chi connectivity index (χ0n) is 18.5. The maximum absolute atomic E-state index is 12.5. The molecular formula is C24H27N5O4. The van der Waals surface area contributed by atoms with Gasteiger partial charge in [-0.3, -0.25) is 4.79 Å². The number of piperazine rings is 1. The van der Waals surface area contributed by atoms with E-state index in [1.54, 1.807) is 31.5 Å². The van der Waals surface area contributed by atoms with E-state index in [0.29, 0.717) is 38.4 Å². The Morgan fingerprint density at radius 3 is 2.48 bits per heavy atom. The molecular weight excluding hydrogens is 422 g/mol. The van der Waals surface area contributed by atoms with Crippen molar-refractivity contribution < 1.29 is 18.7 Å². The lowest BCUT2D eigenvalue weighted by atomic mass is 10.1. The van der Waals surface area contributed by atoms with Crippen LogP contribution in [0.1, 0.15) is 16.1 Å². The molecule has 0 saturated carbocycles. The second-order valence-corrected chi connectivity index (χ2v) is 7.64. The van der Waals surface area contributed by atoms with Gasteiger partial charge in [-0.1, -0.05) is 12.1 Å². The summed E-state index contributed by atoms with van der Waals surface area (Å²) in [7, 11) is 1.64. The van der Waals surface area contributed by atoms with Crippen molar-refractivity contribution in [3.8, 4) is 5.75 Å². The first-order valence-electron chi connectivity index (χ1n) is 10.8. The van der Waals surface area contributed by atoms with Crippen LogP contribution in [-0.4, -0.2) is 61.7 Å². The largest absolute Gasteiger partial charge is 0.497 e. The second kappa shape index (κ2) is 10.5. The highest BCUT2D eigenvalue weighted by molar-refractivity contribution is 6.02. The van der Waals surface area contributed by atoms with Crippen LogP contribution in [-0.2, 0) is 6.42 Å². The predicted octanol–water partition coefficient (Wildman–Crippen LogP) is 3.01. The summed E-state index contributed by atoms with van der Waals surface area (Å²) in [5, 5.41) is 5.75. The van der Waals surface area contributed by atoms with Crippen LogP contribution in [0.2, 0.25) is 0 Å². The number of ether oxygens (including phenoxy) is 1. The van der Waals surface area contributed by atoms with Crippen molar-refractivity contribution in [2.75, 3.05) is 50.1 Å². The number of urea groups is 1. The van der Waals surface area contributed by atoms with Gasteiger partial charge in [0.05, 0.1) is 25.3 Å². The fourth-order valence-corrected chi connectivity index (χ4v) is 3.60. The number of anilines is 2. The number of carbonyl (C=O) groups is 2. The number of hydrogen-bond acceptors (Lipinski definition) is 6. The Hall–Kier alpha value is -4.01. The number of nitrogens with zero attached hydrogens (tertiary/aromatic N) is 3. The van der Waals surface area contributed by atoms with Crippen molar-refractivity contribution in [2.24, 2.45) is 0 Å². The molecule has 0 atom stereocenters. The molecule has 1 fully saturated rings. The van der Waals surface area contributed by atoms with Crippen molar-refractivity contribution in [1.29, 1.82) is 0 Å². The van der Waals surface area contributed by atoms with Gasteiger partial charge in [0.25, 0.3) is 5.91 Å². The Labute approximate surface area is 192 Å². The molecule has 1 aliphatic rings. The number of methoxy groups -OCH3 is 1. The molecule has 0 unspecified atom stereocenters. The number of rotatable bonds is 7. The van der Waals surface area contributed by atoms with E-state index in [9.17, 15) is 9.59 Å². The first kappa shape index (κ1) is 22.2. The molecule has 3 heterocycles. The number of amides is 3. The van der Waals surface area contributed by atoms with Crippen LogP contribution >= 0.6 is 0 Å². The first-order valence-corrected chi connectivity index (χ1v) is 10.8. The van der Waals surface area contributed by atoms with Gasteiger partial charge in [0.15, 0.2) is 5.76 Å². The zero-order chi connectivity index (χ0) is 23.0. The second-order valence-electron chi connectivity index (χ2n) is 7.64. The van der Waals surface area contributed by atoms with Gasteiger partial charge >= 0.3 is 6.03 Å². The Kier molecular flexibility index (Phi) is 7.09. The highest BCUT2D eigenvalue weighted by atomic mass is 16.5. The van der Waals surface area contributed by atoms with E-state index >= 15 is 0 Å². The van der Waals surface area contributed by atoms with Crippen LogP contribution in [0.25, 0.3) is 0 Å². The van der Waals surface area contributed by atoms with Gasteiger partial charge in [-0.25, -0.2) is 9.78 Å². The van der Waals surface area contributed by atoms with E-state index < -0.39 is 0 Å². The van der Waals surface area contributed by atoms with Crippen LogP contribution in [0, 0.1) is 0 Å². The van der Waals surface area contributed by atoms with E-state index in [1.165, 1.54) is 6.26 Å². The summed E-state index contributed by atoms with van der Waals surface area (Å²) in [6.07, 6.45) is 3.84. The Bertz CT molecular complexity index is 1040. The van der Waals surface area contributed by atoms with Crippen molar-refractivity contribution in [3.63, 3.8) is 0 Å². The van der Waals surface area contributed by atoms with Gasteiger partial charge in [-0.15, -0.1) is 0 Å². The van der Waals surface area contributed by atoms with Crippen LogP contribution in [0.4, 0.5) is 16.3 Å². The van der Waals surface area contributed by atoms with Gasteiger partial charge < -0.3 is 29.6 Å². The molecule has 0 aliphatic carbocycles. The Morgan fingerprint density at radius 2 is 1.85 bits per heavy atom. The average molecular weight is 450 g/mol. The summed E-state index contributed by atoms with van der Waals surface area (Å²) in [6, 6.07) is 14.7. The lowest BCUT2D eigenvalue weighted by Gasteiger charge is -2.35. The third-order valence-electron chi connectivity index (χ3n) is 5.49. The van der Waals surface area contributed by atoms with E-state index in [0.717, 1.165) is 23.6 Å². The topological polar surface area (TPSA) is 99.9 Å². The summed E-state index contributed by atoms with van der Waals surface area (Å²) >= 11 is 0. The van der Waals surface area contributed by atoms with Gasteiger partial charge in [0, 0.05) is 32.7 Å². The molecule has 3 aromatic rings. The normalized spacial score (nSPS) is 13.5. The molecule has 9 nitrogen and oxygen atoms in total. The third kappa shape index (κ3) is 5.82. The number of pyridine rings is 1. The molecule has 4 rings (SSSR count). The molecule has 0 bridgehead atoms. The minimum absolute atomic E-state index is 0.0490. The lowest BCUT2D eigenvalue weighted by Crippen LogP contribution is -2.52. The molecule has 2 N–H and O–H groups in total. The van der Waals surface area contributed by atoms with Crippen LogP contribution in [0.15, 0.2) is 65.4 Å². The van der Waals surface area contributed by atoms with Crippen molar-refractivity contribution in [1.82, 2.24) is 15.2 Å². The molecule has 3 amide bonds. The van der Waals surface area contributed by atoms with Crippen LogP contribution < -0.4 is 20.3 Å². The molecule has 172 valence electrons. The number of hydrogen-bond donors (Lipinski definition) is 2. The summed E-state index contributed by atoms with van der Waals surface area (Å²) in [5.74, 6) is 1.56. The van der Waals surface area contributed by atoms with E-state index in [1.807, 2.05) is 35.2 Å². The molecule has 0 radical (unpaired) electrons. The monoisotopic (exact) mass is 449 g/mol. The summed E-state index contributed by atoms with van der Waals surface area (Å²) in [6.45, 7) is 3.20. The lowest BCUT2D eigenvalue weighted by molar-refractivity contribution is 0.0996. The molecule has 33 heavy (non-hydrogen) atoms. The maximum Gasteiger partial charge on any atom is 0.317 e. The zero-order valence-corrected chi connectivity index (χ0v) is 18.5. The third-order valence-corrected chi connectivity index (χ3v) is 5.49. The van der Waals surface area contributed by atoms with Crippen LogP contribution in [0.3, 0.4) is 0 Å². The predicted molar refractivity (Wildman–Crippen MR) is 125 cm³/mol. The van der Waals surface area contributed by atoms with Crippen molar-refractivity contribution in [3.05, 3.63) is 72.3 Å². The standard InChI is InChI=1S/C24H27N5O4/c1-32-20-7-4-18(5-8-20)10-11-25-24(31)29-14-12-28(13-15-29)22-9-6-19(17-26-22)27-23(30)21-3-2-16-33-21/h2-9,16-17H,10-15H2,1H3,(H,25,31)(H,27,30). The number of benzene rings is 1. The average Bonchev–Trinajstić information content (AvgIpc) is 3.40. The Balaban J connectivity index is 1.20. The molecule has 1 aromatic carbocycles. The summed E-state index contributed by atoms with van der Waals surface area (Å²) < 4.78 is 10.3. The van der Waals surface area contributed by atoms with Gasteiger partial charge in [-0.05, 0) is 48.4 Å². The maximum atomic E-state index is 12.5. The van der Waals surface area contributed by atoms with Crippen molar-refractivity contribution >= 4 is 23.4 Å². The number of carbonyl (C=O) groups excluding carboxylic acids is 2. The minimum Gasteiger partial charge on any atom is -0.497 e. The SMILES string of the molecule is COc1ccc(CCNC(=O)N2CCN(c3ccc(NC(=O)c4ccco4)cn3)CC2)cc1. The molecule has 1 saturated heterocycles. The summed E-state index contributed by atoms with van der Waals surface area (Å²) in [5.41, 5.74) is 1.74. The van der Waals surface area contributed by atoms with Gasteiger partial charge in [0.2, 0.25) is 0 Å². The molecule has 1 aliphatic heterocycles. The smallest absolute Gasteiger partial charge is 0.317 e. The Morgan fingerprint density at radius 1 is 1.06 bits per heavy atom. The van der Waals surface area contributed by atoms with Crippen molar-refractivity contribution in [2.45, 2.75) is 6.42 Å². The van der Waals surface area contributed by atoms with Gasteiger partial charge in [0.1, 0.15) is 11.6 Å². The fourth-order valence-electron chi connectivity index (χ4n) is 3.60. The highest BCUT2D eigenvalue weighted by Crippen LogP contribution is 2.17. The fraction of sp³-hybridized carbons (Fsp3) is 0.292. The minimum atomic E-state index is -0.318. The quantitative estimate of drug-likeness (QED) is 0.575.